The van der Waals surface area contributed by atoms with Crippen molar-refractivity contribution in [1.29, 1.82) is 0 Å². The maximum absolute atomic E-state index is 6.34. The second-order valence-corrected chi connectivity index (χ2v) is 6.31. The fourth-order valence-corrected chi connectivity index (χ4v) is 3.86. The molecule has 0 aromatic carbocycles. The fourth-order valence-electron chi connectivity index (χ4n) is 3.86. The summed E-state index contributed by atoms with van der Waals surface area (Å²) >= 11 is 0. The van der Waals surface area contributed by atoms with Gasteiger partial charge in [0.1, 0.15) is 11.2 Å². The quantitative estimate of drug-likeness (QED) is 0.639. The summed E-state index contributed by atoms with van der Waals surface area (Å²) in [4.78, 5) is 0. The van der Waals surface area contributed by atoms with Crippen LogP contribution in [0.25, 0.3) is 0 Å². The van der Waals surface area contributed by atoms with Crippen molar-refractivity contribution >= 4 is 0 Å². The summed E-state index contributed by atoms with van der Waals surface area (Å²) in [7, 11) is 0. The third kappa shape index (κ3) is 1.46. The summed E-state index contributed by atoms with van der Waals surface area (Å²) in [5.41, 5.74) is 0.213. The van der Waals surface area contributed by atoms with Crippen molar-refractivity contribution in [2.45, 2.75) is 66.6 Å². The first-order valence-electron chi connectivity index (χ1n) is 6.43. The summed E-state index contributed by atoms with van der Waals surface area (Å²) in [6.07, 6.45) is 0. The molecule has 0 saturated carbocycles. The summed E-state index contributed by atoms with van der Waals surface area (Å²) in [6.45, 7) is 18.4. The Balaban J connectivity index is 3.08. The lowest BCUT2D eigenvalue weighted by Crippen LogP contribution is -2.42. The van der Waals surface area contributed by atoms with Crippen LogP contribution < -0.4 is 0 Å². The minimum Gasteiger partial charge on any atom is -0.361 e. The van der Waals surface area contributed by atoms with Crippen LogP contribution in [0.15, 0.2) is 0 Å². The van der Waals surface area contributed by atoms with Gasteiger partial charge in [0.25, 0.3) is 0 Å². The van der Waals surface area contributed by atoms with Crippen molar-refractivity contribution < 1.29 is 4.74 Å². The molecule has 1 rings (SSSR count). The predicted molar refractivity (Wildman–Crippen MR) is 65.9 cm³/mol. The van der Waals surface area contributed by atoms with Gasteiger partial charge in [-0.25, -0.2) is 0 Å². The Morgan fingerprint density at radius 2 is 0.733 bits per heavy atom. The van der Waals surface area contributed by atoms with Crippen molar-refractivity contribution in [3.05, 3.63) is 0 Å². The summed E-state index contributed by atoms with van der Waals surface area (Å²) < 4.78 is 6.34. The minimum absolute atomic E-state index is 0.106. The third-order valence-corrected chi connectivity index (χ3v) is 4.34. The van der Waals surface area contributed by atoms with E-state index in [1.165, 1.54) is 0 Å². The molecule has 15 heavy (non-hydrogen) atoms. The Kier molecular flexibility index (Phi) is 3.27. The molecule has 0 radical (unpaired) electrons. The first-order chi connectivity index (χ1) is 6.73. The van der Waals surface area contributed by atoms with Gasteiger partial charge in [-0.3, -0.25) is 0 Å². The number of ether oxygens (including phenoxy) is 1. The summed E-state index contributed by atoms with van der Waals surface area (Å²) in [5.74, 6) is 2.40. The SMILES string of the molecule is CC(C)C1(C(C)C)OC1(C(C)C)C(C)C. The summed E-state index contributed by atoms with van der Waals surface area (Å²) in [5, 5.41) is 0. The van der Waals surface area contributed by atoms with Gasteiger partial charge < -0.3 is 4.74 Å². The van der Waals surface area contributed by atoms with Gasteiger partial charge in [0.15, 0.2) is 0 Å². The molecule has 1 aliphatic heterocycles. The van der Waals surface area contributed by atoms with E-state index >= 15 is 0 Å². The molecule has 0 aromatic rings. The van der Waals surface area contributed by atoms with Gasteiger partial charge in [-0.2, -0.15) is 0 Å². The van der Waals surface area contributed by atoms with Crippen molar-refractivity contribution in [3.8, 4) is 0 Å². The van der Waals surface area contributed by atoms with Crippen LogP contribution >= 0.6 is 0 Å². The lowest BCUT2D eigenvalue weighted by molar-refractivity contribution is 0.161. The maximum Gasteiger partial charge on any atom is 0.103 e. The van der Waals surface area contributed by atoms with E-state index in [0.29, 0.717) is 23.7 Å². The van der Waals surface area contributed by atoms with Gasteiger partial charge in [0.05, 0.1) is 0 Å². The van der Waals surface area contributed by atoms with E-state index in [1.54, 1.807) is 0 Å². The van der Waals surface area contributed by atoms with Crippen LogP contribution in [-0.4, -0.2) is 11.2 Å². The van der Waals surface area contributed by atoms with Gasteiger partial charge in [-0.1, -0.05) is 55.4 Å². The number of hydrogen-bond donors (Lipinski definition) is 0. The second-order valence-electron chi connectivity index (χ2n) is 6.31. The van der Waals surface area contributed by atoms with Crippen molar-refractivity contribution in [3.63, 3.8) is 0 Å². The fraction of sp³-hybridized carbons (Fsp3) is 1.00. The smallest absolute Gasteiger partial charge is 0.103 e. The Hall–Kier alpha value is -0.0400. The van der Waals surface area contributed by atoms with E-state index < -0.39 is 0 Å². The molecule has 1 nitrogen and oxygen atoms in total. The molecule has 1 saturated heterocycles. The Bertz CT molecular complexity index is 185. The molecule has 0 amide bonds. The molecule has 90 valence electrons. The Labute approximate surface area is 95.6 Å². The van der Waals surface area contributed by atoms with Gasteiger partial charge >= 0.3 is 0 Å². The zero-order valence-electron chi connectivity index (χ0n) is 11.7. The average molecular weight is 212 g/mol. The number of rotatable bonds is 4. The van der Waals surface area contributed by atoms with Gasteiger partial charge in [-0.05, 0) is 23.7 Å². The van der Waals surface area contributed by atoms with Gasteiger partial charge in [0, 0.05) is 0 Å². The second kappa shape index (κ2) is 3.76. The third-order valence-electron chi connectivity index (χ3n) is 4.34. The molecule has 1 fully saturated rings. The predicted octanol–water partition coefficient (Wildman–Crippen LogP) is 4.12. The topological polar surface area (TPSA) is 12.5 Å². The zero-order valence-corrected chi connectivity index (χ0v) is 11.7. The highest BCUT2D eigenvalue weighted by atomic mass is 16.6. The molecule has 0 spiro atoms. The average Bonchev–Trinajstić information content (AvgIpc) is 2.74. The first kappa shape index (κ1) is 13.0. The molecule has 1 heteroatoms. The minimum atomic E-state index is 0.106. The van der Waals surface area contributed by atoms with Crippen LogP contribution in [0.5, 0.6) is 0 Å². The van der Waals surface area contributed by atoms with E-state index in [4.69, 9.17) is 4.74 Å². The molecular weight excluding hydrogens is 184 g/mol. The van der Waals surface area contributed by atoms with E-state index in [2.05, 4.69) is 55.4 Å². The van der Waals surface area contributed by atoms with Crippen LogP contribution in [0.2, 0.25) is 0 Å². The monoisotopic (exact) mass is 212 g/mol. The van der Waals surface area contributed by atoms with E-state index in [1.807, 2.05) is 0 Å². The largest absolute Gasteiger partial charge is 0.361 e. The molecule has 0 aliphatic carbocycles. The van der Waals surface area contributed by atoms with E-state index in [9.17, 15) is 0 Å². The molecule has 0 bridgehead atoms. The van der Waals surface area contributed by atoms with Crippen LogP contribution in [-0.2, 0) is 4.74 Å². The lowest BCUT2D eigenvalue weighted by Gasteiger charge is -2.31. The Morgan fingerprint density at radius 1 is 0.533 bits per heavy atom. The Morgan fingerprint density at radius 3 is 0.800 bits per heavy atom. The molecule has 1 heterocycles. The highest BCUT2D eigenvalue weighted by molar-refractivity contribution is 5.21. The van der Waals surface area contributed by atoms with Gasteiger partial charge in [0.2, 0.25) is 0 Å². The van der Waals surface area contributed by atoms with Crippen LogP contribution in [0.1, 0.15) is 55.4 Å². The van der Waals surface area contributed by atoms with Crippen LogP contribution in [0.3, 0.4) is 0 Å². The van der Waals surface area contributed by atoms with Crippen molar-refractivity contribution in [2.24, 2.45) is 23.7 Å². The highest BCUT2D eigenvalue weighted by Crippen LogP contribution is 2.64. The summed E-state index contributed by atoms with van der Waals surface area (Å²) in [6, 6.07) is 0. The number of epoxide rings is 1. The normalized spacial score (nSPS) is 23.2. The molecule has 0 atom stereocenters. The lowest BCUT2D eigenvalue weighted by atomic mass is 9.67. The van der Waals surface area contributed by atoms with Crippen LogP contribution in [0, 0.1) is 23.7 Å². The molecule has 0 unspecified atom stereocenters. The standard InChI is InChI=1S/C14H28O/c1-9(2)13(10(3)4)14(15-13,11(5)6)12(7)8/h9-12H,1-8H3. The van der Waals surface area contributed by atoms with Crippen molar-refractivity contribution in [1.82, 2.24) is 0 Å². The maximum atomic E-state index is 6.34. The van der Waals surface area contributed by atoms with E-state index in [-0.39, 0.29) is 11.2 Å². The molecule has 1 aliphatic rings. The molecular formula is C14H28O. The number of hydrogen-bond acceptors (Lipinski definition) is 1. The van der Waals surface area contributed by atoms with Crippen molar-refractivity contribution in [2.75, 3.05) is 0 Å². The zero-order chi connectivity index (χ0) is 12.0. The van der Waals surface area contributed by atoms with Crippen LogP contribution in [0.4, 0.5) is 0 Å². The van der Waals surface area contributed by atoms with E-state index in [0.717, 1.165) is 0 Å². The molecule has 0 N–H and O–H groups in total. The molecule has 0 aromatic heterocycles. The highest BCUT2D eigenvalue weighted by Gasteiger charge is 2.74. The van der Waals surface area contributed by atoms with Gasteiger partial charge in [-0.15, -0.1) is 0 Å². The first-order valence-corrected chi connectivity index (χ1v) is 6.43.